The van der Waals surface area contributed by atoms with E-state index in [4.69, 9.17) is 0 Å². The molecule has 6 nitrogen and oxygen atoms in total. The van der Waals surface area contributed by atoms with E-state index >= 15 is 0 Å². The third kappa shape index (κ3) is 4.45. The average Bonchev–Trinajstić information content (AvgIpc) is 2.42. The minimum absolute atomic E-state index is 0.0113. The number of amides is 1. The van der Waals surface area contributed by atoms with Crippen LogP contribution in [0, 0.1) is 10.1 Å². The van der Waals surface area contributed by atoms with E-state index in [-0.39, 0.29) is 18.1 Å². The van der Waals surface area contributed by atoms with Gasteiger partial charge in [-0.25, -0.2) is 8.78 Å². The number of nitro groups is 1. The lowest BCUT2D eigenvalue weighted by molar-refractivity contribution is -0.385. The van der Waals surface area contributed by atoms with Gasteiger partial charge in [0.2, 0.25) is 5.91 Å². The fraction of sp³-hybridized carbons (Fsp3) is 0.417. The Morgan fingerprint density at radius 2 is 2.15 bits per heavy atom. The molecule has 0 aliphatic carbocycles. The molecule has 1 amide bonds. The molecule has 0 spiro atoms. The number of carbonyl (C=O) groups excluding carboxylic acids is 1. The highest BCUT2D eigenvalue weighted by Gasteiger charge is 2.18. The molecule has 110 valence electrons. The number of hydrogen-bond donors (Lipinski definition) is 2. The number of nitrogens with zero attached hydrogens (tertiary/aromatic N) is 1. The van der Waals surface area contributed by atoms with Gasteiger partial charge in [0, 0.05) is 29.9 Å². The molecular weight excluding hydrogens is 272 g/mol. The van der Waals surface area contributed by atoms with Crippen LogP contribution in [0.5, 0.6) is 0 Å². The van der Waals surface area contributed by atoms with Gasteiger partial charge < -0.3 is 10.6 Å². The van der Waals surface area contributed by atoms with Crippen LogP contribution in [0.3, 0.4) is 0 Å². The Kier molecular flexibility index (Phi) is 5.82. The predicted octanol–water partition coefficient (Wildman–Crippen LogP) is 2.47. The number of alkyl halides is 2. The van der Waals surface area contributed by atoms with Gasteiger partial charge in [-0.2, -0.15) is 0 Å². The van der Waals surface area contributed by atoms with Crippen LogP contribution in [0.2, 0.25) is 0 Å². The molecule has 0 unspecified atom stereocenters. The van der Waals surface area contributed by atoms with E-state index in [1.807, 2.05) is 6.92 Å². The summed E-state index contributed by atoms with van der Waals surface area (Å²) in [5, 5.41) is 15.7. The summed E-state index contributed by atoms with van der Waals surface area (Å²) < 4.78 is 25.7. The summed E-state index contributed by atoms with van der Waals surface area (Å²) in [5.74, 6) is -0.328. The Morgan fingerprint density at radius 3 is 2.70 bits per heavy atom. The van der Waals surface area contributed by atoms with Gasteiger partial charge in [0.25, 0.3) is 12.1 Å². The molecule has 0 aliphatic rings. The minimum Gasteiger partial charge on any atom is -0.376 e. The van der Waals surface area contributed by atoms with Crippen molar-refractivity contribution < 1.29 is 18.5 Å². The van der Waals surface area contributed by atoms with Gasteiger partial charge in [0.15, 0.2) is 0 Å². The lowest BCUT2D eigenvalue weighted by Gasteiger charge is -2.11. The van der Waals surface area contributed by atoms with Crippen molar-refractivity contribution >= 4 is 17.3 Å². The maximum Gasteiger partial charge on any atom is 0.270 e. The van der Waals surface area contributed by atoms with E-state index in [1.165, 1.54) is 6.07 Å². The number of carbonyl (C=O) groups is 1. The zero-order valence-corrected chi connectivity index (χ0v) is 10.9. The van der Waals surface area contributed by atoms with Crippen LogP contribution < -0.4 is 10.6 Å². The Balaban J connectivity index is 2.79. The van der Waals surface area contributed by atoms with Gasteiger partial charge in [0.05, 0.1) is 11.5 Å². The highest BCUT2D eigenvalue weighted by Crippen LogP contribution is 2.30. The van der Waals surface area contributed by atoms with Crippen LogP contribution in [0.4, 0.5) is 20.2 Å². The molecule has 0 heterocycles. The van der Waals surface area contributed by atoms with Crippen LogP contribution in [0.1, 0.15) is 25.3 Å². The molecule has 0 saturated heterocycles. The van der Waals surface area contributed by atoms with Gasteiger partial charge in [-0.1, -0.05) is 6.92 Å². The van der Waals surface area contributed by atoms with Gasteiger partial charge >= 0.3 is 0 Å². The van der Waals surface area contributed by atoms with Crippen molar-refractivity contribution in [2.75, 3.05) is 18.4 Å². The molecule has 1 aromatic rings. The third-order valence-electron chi connectivity index (χ3n) is 2.49. The first kappa shape index (κ1) is 15.8. The number of rotatable bonds is 7. The lowest BCUT2D eigenvalue weighted by Crippen LogP contribution is -2.30. The third-order valence-corrected chi connectivity index (χ3v) is 2.49. The van der Waals surface area contributed by atoms with E-state index in [1.54, 1.807) is 0 Å². The first-order chi connectivity index (χ1) is 9.45. The number of halogens is 2. The fourth-order valence-electron chi connectivity index (χ4n) is 1.51. The average molecular weight is 287 g/mol. The quantitative estimate of drug-likeness (QED) is 0.596. The zero-order chi connectivity index (χ0) is 15.1. The molecule has 0 fully saturated rings. The van der Waals surface area contributed by atoms with Crippen molar-refractivity contribution in [2.45, 2.75) is 19.8 Å². The van der Waals surface area contributed by atoms with Crippen molar-refractivity contribution in [3.63, 3.8) is 0 Å². The van der Waals surface area contributed by atoms with Gasteiger partial charge in [-0.3, -0.25) is 14.9 Å². The van der Waals surface area contributed by atoms with E-state index in [0.29, 0.717) is 6.54 Å². The predicted molar refractivity (Wildman–Crippen MR) is 69.8 cm³/mol. The van der Waals surface area contributed by atoms with Crippen molar-refractivity contribution in [3.8, 4) is 0 Å². The molecule has 0 atom stereocenters. The van der Waals surface area contributed by atoms with Crippen LogP contribution in [0.15, 0.2) is 18.2 Å². The summed E-state index contributed by atoms with van der Waals surface area (Å²) in [5.41, 5.74) is -0.902. The first-order valence-electron chi connectivity index (χ1n) is 6.02. The summed E-state index contributed by atoms with van der Waals surface area (Å²) in [7, 11) is 0. The molecule has 0 radical (unpaired) electrons. The molecule has 1 aromatic carbocycles. The second-order valence-corrected chi connectivity index (χ2v) is 4.03. The Morgan fingerprint density at radius 1 is 1.45 bits per heavy atom. The summed E-state index contributed by atoms with van der Waals surface area (Å²) in [4.78, 5) is 21.2. The zero-order valence-electron chi connectivity index (χ0n) is 10.9. The Bertz CT molecular complexity index is 495. The van der Waals surface area contributed by atoms with Crippen LogP contribution in [-0.4, -0.2) is 23.9 Å². The molecule has 0 aromatic heterocycles. The molecule has 20 heavy (non-hydrogen) atoms. The Labute approximate surface area is 114 Å². The maximum atomic E-state index is 12.8. The van der Waals surface area contributed by atoms with Crippen molar-refractivity contribution in [3.05, 3.63) is 33.9 Å². The smallest absolute Gasteiger partial charge is 0.270 e. The van der Waals surface area contributed by atoms with Crippen LogP contribution >= 0.6 is 0 Å². The summed E-state index contributed by atoms with van der Waals surface area (Å²) in [6, 6.07) is 3.09. The first-order valence-corrected chi connectivity index (χ1v) is 6.02. The molecule has 8 heteroatoms. The number of nitrogens with one attached hydrogen (secondary N) is 2. The number of anilines is 1. The molecule has 1 rings (SSSR count). The molecule has 0 aliphatic heterocycles. The second kappa shape index (κ2) is 7.37. The molecule has 0 bridgehead atoms. The number of benzene rings is 1. The second-order valence-electron chi connectivity index (χ2n) is 4.03. The number of hydrogen-bond acceptors (Lipinski definition) is 4. The highest BCUT2D eigenvalue weighted by molar-refractivity contribution is 5.81. The molecule has 0 saturated carbocycles. The highest BCUT2D eigenvalue weighted by atomic mass is 19.3. The normalized spacial score (nSPS) is 10.4. The van der Waals surface area contributed by atoms with E-state index in [0.717, 1.165) is 18.6 Å². The van der Waals surface area contributed by atoms with Crippen molar-refractivity contribution in [1.29, 1.82) is 0 Å². The van der Waals surface area contributed by atoms with Gasteiger partial charge in [-0.15, -0.1) is 0 Å². The van der Waals surface area contributed by atoms with E-state index in [9.17, 15) is 23.7 Å². The Hall–Kier alpha value is -2.25. The SMILES string of the molecule is CCCNC(=O)CNc1ccc([N+](=O)[O-])cc1C(F)F. The summed E-state index contributed by atoms with van der Waals surface area (Å²) >= 11 is 0. The van der Waals surface area contributed by atoms with Crippen LogP contribution in [0.25, 0.3) is 0 Å². The van der Waals surface area contributed by atoms with Gasteiger partial charge in [0.1, 0.15) is 0 Å². The van der Waals surface area contributed by atoms with Crippen LogP contribution in [-0.2, 0) is 4.79 Å². The van der Waals surface area contributed by atoms with Gasteiger partial charge in [-0.05, 0) is 12.5 Å². The molecular formula is C12H15F2N3O3. The largest absolute Gasteiger partial charge is 0.376 e. The van der Waals surface area contributed by atoms with E-state index in [2.05, 4.69) is 10.6 Å². The van der Waals surface area contributed by atoms with Crippen molar-refractivity contribution in [2.24, 2.45) is 0 Å². The summed E-state index contributed by atoms with van der Waals surface area (Å²) in [6.07, 6.45) is -2.10. The number of nitro benzene ring substituents is 1. The van der Waals surface area contributed by atoms with E-state index < -0.39 is 22.6 Å². The molecule has 2 N–H and O–H groups in total. The summed E-state index contributed by atoms with van der Waals surface area (Å²) in [6.45, 7) is 2.22. The topological polar surface area (TPSA) is 84.3 Å². The fourth-order valence-corrected chi connectivity index (χ4v) is 1.51. The van der Waals surface area contributed by atoms with Crippen molar-refractivity contribution in [1.82, 2.24) is 5.32 Å². The monoisotopic (exact) mass is 287 g/mol. The number of non-ortho nitro benzene ring substituents is 1. The maximum absolute atomic E-state index is 12.8. The minimum atomic E-state index is -2.86. The standard InChI is InChI=1S/C12H15F2N3O3/c1-2-5-15-11(18)7-16-10-4-3-8(17(19)20)6-9(10)12(13)14/h3-4,6,12,16H,2,5,7H2,1H3,(H,15,18). The lowest BCUT2D eigenvalue weighted by atomic mass is 10.1.